The molecule has 0 atom stereocenters. The van der Waals surface area contributed by atoms with Crippen LogP contribution >= 0.6 is 23.5 Å². The Labute approximate surface area is 159 Å². The highest BCUT2D eigenvalue weighted by molar-refractivity contribution is 7.99. The molecule has 26 heavy (non-hydrogen) atoms. The summed E-state index contributed by atoms with van der Waals surface area (Å²) in [7, 11) is 0. The van der Waals surface area contributed by atoms with Crippen molar-refractivity contribution in [2.45, 2.75) is 17.1 Å². The van der Waals surface area contributed by atoms with Crippen LogP contribution in [0.2, 0.25) is 0 Å². The zero-order chi connectivity index (χ0) is 17.9. The fourth-order valence-corrected chi connectivity index (χ4v) is 3.64. The molecule has 7 nitrogen and oxygen atoms in total. The van der Waals surface area contributed by atoms with Crippen molar-refractivity contribution in [3.8, 4) is 5.75 Å². The summed E-state index contributed by atoms with van der Waals surface area (Å²) in [5.74, 6) is 3.60. The minimum Gasteiger partial charge on any atom is -0.461 e. The van der Waals surface area contributed by atoms with Gasteiger partial charge in [0.05, 0.1) is 5.56 Å². The maximum absolute atomic E-state index is 5.65. The number of para-hydroxylation sites is 1. The van der Waals surface area contributed by atoms with Gasteiger partial charge in [0, 0.05) is 0 Å². The first kappa shape index (κ1) is 16.9. The molecule has 3 heterocycles. The van der Waals surface area contributed by atoms with Crippen molar-refractivity contribution >= 4 is 41.5 Å². The van der Waals surface area contributed by atoms with Gasteiger partial charge in [0.2, 0.25) is 0 Å². The summed E-state index contributed by atoms with van der Waals surface area (Å²) in [4.78, 5) is 18.3. The van der Waals surface area contributed by atoms with E-state index in [1.165, 1.54) is 0 Å². The van der Waals surface area contributed by atoms with Gasteiger partial charge < -0.3 is 4.74 Å². The van der Waals surface area contributed by atoms with Crippen LogP contribution in [0.25, 0.3) is 0 Å². The van der Waals surface area contributed by atoms with Crippen molar-refractivity contribution in [1.29, 1.82) is 0 Å². The summed E-state index contributed by atoms with van der Waals surface area (Å²) in [6.45, 7) is 2.08. The van der Waals surface area contributed by atoms with Crippen molar-refractivity contribution in [3.05, 3.63) is 48.0 Å². The number of amidine groups is 1. The summed E-state index contributed by atoms with van der Waals surface area (Å²) in [6, 6.07) is 9.55. The molecule has 0 unspecified atom stereocenters. The van der Waals surface area contributed by atoms with E-state index in [4.69, 9.17) is 4.74 Å². The number of ether oxygens (including phenoxy) is 1. The van der Waals surface area contributed by atoms with Gasteiger partial charge in [0.15, 0.2) is 22.6 Å². The lowest BCUT2D eigenvalue weighted by atomic mass is 10.2. The maximum Gasteiger partial charge on any atom is 0.190 e. The zero-order valence-corrected chi connectivity index (χ0v) is 15.8. The zero-order valence-electron chi connectivity index (χ0n) is 14.2. The van der Waals surface area contributed by atoms with Crippen LogP contribution in [-0.4, -0.2) is 39.2 Å². The van der Waals surface area contributed by atoms with E-state index in [-0.39, 0.29) is 0 Å². The fourth-order valence-electron chi connectivity index (χ4n) is 2.46. The van der Waals surface area contributed by atoms with Crippen molar-refractivity contribution < 1.29 is 4.74 Å². The van der Waals surface area contributed by atoms with E-state index in [1.54, 1.807) is 41.1 Å². The standard InChI is InChI=1S/C17H16N6OS2/c1-3-26-17-20-14-13(16(21-17)25-2)15-19-12(22-23(15)10-18-14)9-24-11-7-5-4-6-8-11/h4-10,22H,3H2,1-2H3. The number of benzene rings is 1. The average molecular weight is 384 g/mol. The van der Waals surface area contributed by atoms with Crippen LogP contribution in [0.3, 0.4) is 0 Å². The van der Waals surface area contributed by atoms with E-state index >= 15 is 0 Å². The highest BCUT2D eigenvalue weighted by Gasteiger charge is 2.30. The summed E-state index contributed by atoms with van der Waals surface area (Å²) in [6.07, 6.45) is 5.24. The van der Waals surface area contributed by atoms with Gasteiger partial charge in [-0.2, -0.15) is 0 Å². The molecular weight excluding hydrogens is 368 g/mol. The Bertz CT molecular complexity index is 913. The molecule has 132 valence electrons. The second-order valence-corrected chi connectivity index (χ2v) is 7.27. The van der Waals surface area contributed by atoms with Crippen LogP contribution in [-0.2, 0) is 0 Å². The van der Waals surface area contributed by atoms with Crippen LogP contribution in [0.4, 0.5) is 5.82 Å². The van der Waals surface area contributed by atoms with Gasteiger partial charge in [-0.3, -0.25) is 5.43 Å². The van der Waals surface area contributed by atoms with E-state index in [0.717, 1.165) is 33.1 Å². The molecule has 1 aromatic carbocycles. The highest BCUT2D eigenvalue weighted by Crippen LogP contribution is 2.33. The van der Waals surface area contributed by atoms with Crippen molar-refractivity contribution in [1.82, 2.24) is 20.4 Å². The molecule has 1 aromatic heterocycles. The predicted molar refractivity (Wildman–Crippen MR) is 105 cm³/mol. The number of hydrogen-bond donors (Lipinski definition) is 1. The molecule has 2 aliphatic heterocycles. The van der Waals surface area contributed by atoms with Gasteiger partial charge in [0.1, 0.15) is 23.4 Å². The molecule has 0 amide bonds. The molecule has 2 aromatic rings. The predicted octanol–water partition coefficient (Wildman–Crippen LogP) is 3.43. The Morgan fingerprint density at radius 2 is 2.08 bits per heavy atom. The third kappa shape index (κ3) is 3.27. The van der Waals surface area contributed by atoms with E-state index in [9.17, 15) is 0 Å². The van der Waals surface area contributed by atoms with Gasteiger partial charge in [-0.25, -0.2) is 25.0 Å². The topological polar surface area (TPSA) is 75.0 Å². The largest absolute Gasteiger partial charge is 0.461 e. The number of nitrogens with zero attached hydrogens (tertiary/aromatic N) is 5. The lowest BCUT2D eigenvalue weighted by molar-refractivity contribution is 0.455. The number of aliphatic imine (C=N–C) groups is 2. The maximum atomic E-state index is 5.65. The lowest BCUT2D eigenvalue weighted by Crippen LogP contribution is -2.38. The van der Waals surface area contributed by atoms with Crippen molar-refractivity contribution in [2.75, 3.05) is 12.0 Å². The van der Waals surface area contributed by atoms with E-state index in [1.807, 2.05) is 36.6 Å². The third-order valence-corrected chi connectivity index (χ3v) is 4.97. The second-order valence-electron chi connectivity index (χ2n) is 5.24. The molecule has 0 bridgehead atoms. The Morgan fingerprint density at radius 1 is 1.23 bits per heavy atom. The summed E-state index contributed by atoms with van der Waals surface area (Å²) >= 11 is 3.16. The molecule has 2 aliphatic rings. The minimum atomic E-state index is 0.585. The summed E-state index contributed by atoms with van der Waals surface area (Å²) in [5, 5.41) is 3.34. The van der Waals surface area contributed by atoms with E-state index in [0.29, 0.717) is 11.6 Å². The molecule has 4 rings (SSSR count). The molecule has 0 spiro atoms. The molecule has 9 heteroatoms. The first-order valence-corrected chi connectivity index (χ1v) is 10.2. The summed E-state index contributed by atoms with van der Waals surface area (Å²) < 4.78 is 5.65. The summed E-state index contributed by atoms with van der Waals surface area (Å²) in [5.41, 5.74) is 3.97. The molecule has 0 radical (unpaired) electrons. The Hall–Kier alpha value is -2.52. The molecule has 1 N–H and O–H groups in total. The molecule has 0 saturated heterocycles. The fraction of sp³-hybridized carbons (Fsp3) is 0.176. The Morgan fingerprint density at radius 3 is 2.85 bits per heavy atom. The number of hydrazine groups is 1. The van der Waals surface area contributed by atoms with Crippen LogP contribution in [0, 0.1) is 0 Å². The minimum absolute atomic E-state index is 0.585. The van der Waals surface area contributed by atoms with Gasteiger partial charge >= 0.3 is 0 Å². The van der Waals surface area contributed by atoms with Gasteiger partial charge in [0.25, 0.3) is 0 Å². The number of rotatable bonds is 5. The molecular formula is C17H16N6OS2. The van der Waals surface area contributed by atoms with Gasteiger partial charge in [-0.1, -0.05) is 36.9 Å². The second kappa shape index (κ2) is 7.38. The number of nitrogens with one attached hydrogen (secondary N) is 1. The van der Waals surface area contributed by atoms with E-state index < -0.39 is 0 Å². The number of hydrogen-bond acceptors (Lipinski definition) is 9. The number of fused-ring (bicyclic) bond motifs is 3. The first-order chi connectivity index (χ1) is 12.8. The molecule has 0 saturated carbocycles. The van der Waals surface area contributed by atoms with Crippen LogP contribution in [0.5, 0.6) is 5.75 Å². The number of aromatic nitrogens is 2. The van der Waals surface area contributed by atoms with Crippen molar-refractivity contribution in [2.24, 2.45) is 9.98 Å². The smallest absolute Gasteiger partial charge is 0.190 e. The normalized spacial score (nSPS) is 16.2. The highest BCUT2D eigenvalue weighted by atomic mass is 32.2. The van der Waals surface area contributed by atoms with E-state index in [2.05, 4.69) is 32.3 Å². The van der Waals surface area contributed by atoms with Crippen LogP contribution in [0.1, 0.15) is 12.5 Å². The monoisotopic (exact) mass is 384 g/mol. The van der Waals surface area contributed by atoms with Gasteiger partial charge in [-0.15, -0.1) is 11.8 Å². The number of thioether (sulfide) groups is 2. The lowest BCUT2D eigenvalue weighted by Gasteiger charge is -2.21. The SMILES string of the molecule is CCSc1nc2c(c(SC)n1)C1=NC(=COc3ccccc3)NN1C=N2. The van der Waals surface area contributed by atoms with Crippen LogP contribution < -0.4 is 10.2 Å². The Kier molecular flexibility index (Phi) is 4.81. The first-order valence-electron chi connectivity index (χ1n) is 7.98. The van der Waals surface area contributed by atoms with Crippen molar-refractivity contribution in [3.63, 3.8) is 0 Å². The third-order valence-electron chi connectivity index (χ3n) is 3.56. The molecule has 0 aliphatic carbocycles. The Balaban J connectivity index is 1.67. The van der Waals surface area contributed by atoms with Crippen LogP contribution in [0.15, 0.2) is 62.6 Å². The quantitative estimate of drug-likeness (QED) is 0.366. The molecule has 0 fully saturated rings. The average Bonchev–Trinajstić information content (AvgIpc) is 3.10. The van der Waals surface area contributed by atoms with Gasteiger partial charge in [-0.05, 0) is 24.1 Å².